The van der Waals surface area contributed by atoms with Crippen LogP contribution in [-0.4, -0.2) is 28.3 Å². The summed E-state index contributed by atoms with van der Waals surface area (Å²) in [6, 6.07) is 12.6. The van der Waals surface area contributed by atoms with Crippen molar-refractivity contribution in [2.75, 3.05) is 4.90 Å². The summed E-state index contributed by atoms with van der Waals surface area (Å²) in [5.74, 6) is -0.904. The zero-order valence-corrected chi connectivity index (χ0v) is 14.9. The molecule has 0 unspecified atom stereocenters. The lowest BCUT2D eigenvalue weighted by atomic mass is 10.2. The number of para-hydroxylation sites is 1. The van der Waals surface area contributed by atoms with Gasteiger partial charge >= 0.3 is 0 Å². The van der Waals surface area contributed by atoms with Crippen LogP contribution >= 0.6 is 24.0 Å². The topological polar surface area (TPSA) is 94.9 Å². The molecule has 9 heteroatoms. The van der Waals surface area contributed by atoms with Gasteiger partial charge in [0.2, 0.25) is 0 Å². The van der Waals surface area contributed by atoms with Crippen molar-refractivity contribution in [3.63, 3.8) is 0 Å². The molecule has 128 valence electrons. The molecule has 25 heavy (non-hydrogen) atoms. The highest BCUT2D eigenvalue weighted by Crippen LogP contribution is 2.36. The van der Waals surface area contributed by atoms with E-state index < -0.39 is 20.8 Å². The van der Waals surface area contributed by atoms with E-state index in [1.54, 1.807) is 24.3 Å². The first kappa shape index (κ1) is 17.6. The number of phenolic OH excluding ortho intramolecular Hbond substituents is 1. The summed E-state index contributed by atoms with van der Waals surface area (Å²) in [4.78, 5) is 13.7. The van der Waals surface area contributed by atoms with Gasteiger partial charge in [0, 0.05) is 0 Å². The Balaban J connectivity index is 1.98. The third-order valence-corrected chi connectivity index (χ3v) is 5.55. The SMILES string of the molecule is O=C1/C(=C/c2ccc(O)c(S(=O)(=O)O)c2)SC(=S)N1c1ccccc1. The van der Waals surface area contributed by atoms with Crippen LogP contribution in [0.4, 0.5) is 5.69 Å². The van der Waals surface area contributed by atoms with Crippen LogP contribution in [0.15, 0.2) is 58.3 Å². The number of benzene rings is 2. The highest BCUT2D eigenvalue weighted by atomic mass is 32.2. The lowest BCUT2D eigenvalue weighted by Gasteiger charge is -2.13. The Morgan fingerprint density at radius 2 is 1.80 bits per heavy atom. The number of carbonyl (C=O) groups excluding carboxylic acids is 1. The summed E-state index contributed by atoms with van der Waals surface area (Å²) in [6.07, 6.45) is 1.45. The average molecular weight is 393 g/mol. The molecular weight excluding hydrogens is 382 g/mol. The van der Waals surface area contributed by atoms with E-state index in [9.17, 15) is 18.3 Å². The van der Waals surface area contributed by atoms with E-state index in [1.165, 1.54) is 17.0 Å². The molecule has 0 bridgehead atoms. The maximum absolute atomic E-state index is 12.6. The molecule has 1 fully saturated rings. The van der Waals surface area contributed by atoms with Gasteiger partial charge in [0.1, 0.15) is 10.6 Å². The molecule has 1 heterocycles. The molecule has 1 amide bonds. The van der Waals surface area contributed by atoms with Crippen molar-refractivity contribution in [2.24, 2.45) is 0 Å². The molecule has 0 spiro atoms. The van der Waals surface area contributed by atoms with Crippen molar-refractivity contribution in [3.05, 3.63) is 59.0 Å². The van der Waals surface area contributed by atoms with E-state index >= 15 is 0 Å². The molecule has 0 aromatic heterocycles. The van der Waals surface area contributed by atoms with Crippen LogP contribution in [0.25, 0.3) is 6.08 Å². The summed E-state index contributed by atoms with van der Waals surface area (Å²) in [6.45, 7) is 0. The van der Waals surface area contributed by atoms with Gasteiger partial charge in [-0.3, -0.25) is 14.2 Å². The van der Waals surface area contributed by atoms with Crippen LogP contribution in [-0.2, 0) is 14.9 Å². The van der Waals surface area contributed by atoms with E-state index in [2.05, 4.69) is 0 Å². The number of aromatic hydroxyl groups is 1. The molecule has 1 aliphatic heterocycles. The molecule has 1 aliphatic rings. The molecule has 0 saturated carbocycles. The maximum Gasteiger partial charge on any atom is 0.298 e. The first-order valence-corrected chi connectivity index (χ1v) is 9.57. The minimum absolute atomic E-state index is 0.306. The van der Waals surface area contributed by atoms with Crippen LogP contribution in [0.1, 0.15) is 5.56 Å². The van der Waals surface area contributed by atoms with Gasteiger partial charge in [-0.05, 0) is 35.9 Å². The monoisotopic (exact) mass is 393 g/mol. The summed E-state index contributed by atoms with van der Waals surface area (Å²) in [5.41, 5.74) is 0.969. The molecule has 3 rings (SSSR count). The molecule has 1 saturated heterocycles. The highest BCUT2D eigenvalue weighted by molar-refractivity contribution is 8.27. The first-order valence-electron chi connectivity index (χ1n) is 6.91. The van der Waals surface area contributed by atoms with Crippen molar-refractivity contribution in [1.82, 2.24) is 0 Å². The molecule has 0 aliphatic carbocycles. The lowest BCUT2D eigenvalue weighted by Crippen LogP contribution is -2.27. The van der Waals surface area contributed by atoms with Gasteiger partial charge in [-0.1, -0.05) is 48.2 Å². The molecule has 0 radical (unpaired) electrons. The standard InChI is InChI=1S/C16H11NO5S3/c18-12-7-6-10(9-14(12)25(20,21)22)8-13-15(19)17(16(23)24-13)11-4-2-1-3-5-11/h1-9,18H,(H,20,21,22)/b13-8-. The Morgan fingerprint density at radius 1 is 1.12 bits per heavy atom. The van der Waals surface area contributed by atoms with Crippen molar-refractivity contribution >= 4 is 56.1 Å². The number of hydrogen-bond acceptors (Lipinski definition) is 6. The summed E-state index contributed by atoms with van der Waals surface area (Å²) in [5, 5.41) is 9.56. The van der Waals surface area contributed by atoms with E-state index in [4.69, 9.17) is 16.8 Å². The van der Waals surface area contributed by atoms with Gasteiger partial charge in [-0.25, -0.2) is 0 Å². The normalized spacial score (nSPS) is 16.7. The highest BCUT2D eigenvalue weighted by Gasteiger charge is 2.33. The van der Waals surface area contributed by atoms with Crippen LogP contribution in [0, 0.1) is 0 Å². The average Bonchev–Trinajstić information content (AvgIpc) is 2.83. The fraction of sp³-hybridized carbons (Fsp3) is 0. The van der Waals surface area contributed by atoms with Gasteiger partial charge in [-0.15, -0.1) is 0 Å². The molecule has 2 aromatic carbocycles. The molecule has 2 aromatic rings. The van der Waals surface area contributed by atoms with Gasteiger partial charge in [0.25, 0.3) is 16.0 Å². The minimum Gasteiger partial charge on any atom is -0.506 e. The zero-order chi connectivity index (χ0) is 18.2. The largest absolute Gasteiger partial charge is 0.506 e. The van der Waals surface area contributed by atoms with Crippen molar-refractivity contribution in [3.8, 4) is 5.75 Å². The number of rotatable bonds is 3. The van der Waals surface area contributed by atoms with Crippen molar-refractivity contribution in [2.45, 2.75) is 4.90 Å². The van der Waals surface area contributed by atoms with E-state index in [0.717, 1.165) is 23.9 Å². The van der Waals surface area contributed by atoms with Crippen LogP contribution in [0.3, 0.4) is 0 Å². The quantitative estimate of drug-likeness (QED) is 0.470. The number of hydrogen-bond donors (Lipinski definition) is 2. The second kappa shape index (κ2) is 6.60. The number of carbonyl (C=O) groups is 1. The smallest absolute Gasteiger partial charge is 0.298 e. The second-order valence-electron chi connectivity index (χ2n) is 5.05. The Hall–Kier alpha value is -2.20. The summed E-state index contributed by atoms with van der Waals surface area (Å²) in [7, 11) is -4.57. The number of amides is 1. The van der Waals surface area contributed by atoms with E-state index in [-0.39, 0.29) is 5.91 Å². The Kier molecular flexibility index (Phi) is 4.65. The maximum atomic E-state index is 12.6. The first-order chi connectivity index (χ1) is 11.8. The van der Waals surface area contributed by atoms with Gasteiger partial charge < -0.3 is 5.11 Å². The summed E-state index contributed by atoms with van der Waals surface area (Å²) >= 11 is 6.33. The van der Waals surface area contributed by atoms with Crippen LogP contribution < -0.4 is 4.90 Å². The molecular formula is C16H11NO5S3. The number of thiocarbonyl (C=S) groups is 1. The zero-order valence-electron chi connectivity index (χ0n) is 12.5. The molecule has 0 atom stereocenters. The van der Waals surface area contributed by atoms with Crippen molar-refractivity contribution < 1.29 is 22.9 Å². The molecule has 2 N–H and O–H groups in total. The third kappa shape index (κ3) is 3.59. The van der Waals surface area contributed by atoms with E-state index in [1.807, 2.05) is 6.07 Å². The molecule has 6 nitrogen and oxygen atoms in total. The van der Waals surface area contributed by atoms with Crippen molar-refractivity contribution in [1.29, 1.82) is 0 Å². The minimum atomic E-state index is -4.57. The number of thioether (sulfide) groups is 1. The van der Waals surface area contributed by atoms with Gasteiger partial charge in [0.15, 0.2) is 4.32 Å². The number of anilines is 1. The van der Waals surface area contributed by atoms with Gasteiger partial charge in [-0.2, -0.15) is 8.42 Å². The van der Waals surface area contributed by atoms with Crippen LogP contribution in [0.5, 0.6) is 5.75 Å². The fourth-order valence-electron chi connectivity index (χ4n) is 2.25. The Bertz CT molecular complexity index is 1000. The number of phenols is 1. The van der Waals surface area contributed by atoms with Crippen LogP contribution in [0.2, 0.25) is 0 Å². The number of nitrogens with zero attached hydrogens (tertiary/aromatic N) is 1. The Labute approximate surface area is 153 Å². The third-order valence-electron chi connectivity index (χ3n) is 3.37. The lowest BCUT2D eigenvalue weighted by molar-refractivity contribution is -0.113. The summed E-state index contributed by atoms with van der Waals surface area (Å²) < 4.78 is 32.0. The predicted octanol–water partition coefficient (Wildman–Crippen LogP) is 3.04. The predicted molar refractivity (Wildman–Crippen MR) is 100 cm³/mol. The van der Waals surface area contributed by atoms with E-state index in [0.29, 0.717) is 20.5 Å². The Morgan fingerprint density at radius 3 is 2.44 bits per heavy atom. The second-order valence-corrected chi connectivity index (χ2v) is 8.12. The fourth-order valence-corrected chi connectivity index (χ4v) is 4.16. The van der Waals surface area contributed by atoms with Gasteiger partial charge in [0.05, 0.1) is 10.6 Å².